The first-order valence-corrected chi connectivity index (χ1v) is 9.99. The van der Waals surface area contributed by atoms with Gasteiger partial charge in [-0.2, -0.15) is 0 Å². The molecule has 150 valence electrons. The van der Waals surface area contributed by atoms with Crippen LogP contribution in [0.4, 0.5) is 5.69 Å². The fraction of sp³-hybridized carbons (Fsp3) is 0.348. The van der Waals surface area contributed by atoms with E-state index < -0.39 is 5.91 Å². The highest BCUT2D eigenvalue weighted by molar-refractivity contribution is 6.41. The second-order valence-corrected chi connectivity index (χ2v) is 7.75. The molecule has 2 aromatic heterocycles. The van der Waals surface area contributed by atoms with Crippen molar-refractivity contribution in [1.29, 1.82) is 0 Å². The van der Waals surface area contributed by atoms with Gasteiger partial charge < -0.3 is 14.6 Å². The molecule has 0 spiro atoms. The van der Waals surface area contributed by atoms with Crippen molar-refractivity contribution in [3.8, 4) is 5.75 Å². The number of hydrogen-bond acceptors (Lipinski definition) is 4. The Morgan fingerprint density at radius 3 is 2.62 bits per heavy atom. The molecule has 0 radical (unpaired) electrons. The molecule has 0 bridgehead atoms. The SMILES string of the molecule is Cc1ccc(OC2CCC(C(=O)C(=O)Nc3ccc4c(ccn4C)c3)CC2)cn1. The lowest BCUT2D eigenvalue weighted by Gasteiger charge is -2.27. The summed E-state index contributed by atoms with van der Waals surface area (Å²) in [6.07, 6.45) is 6.59. The van der Waals surface area contributed by atoms with Crippen molar-refractivity contribution in [1.82, 2.24) is 9.55 Å². The molecular weight excluding hydrogens is 366 g/mol. The van der Waals surface area contributed by atoms with Crippen LogP contribution < -0.4 is 10.1 Å². The van der Waals surface area contributed by atoms with Gasteiger partial charge in [0.05, 0.1) is 12.3 Å². The third kappa shape index (κ3) is 4.31. The Labute approximate surface area is 169 Å². The molecule has 29 heavy (non-hydrogen) atoms. The number of ketones is 1. The maximum atomic E-state index is 12.6. The molecule has 1 saturated carbocycles. The summed E-state index contributed by atoms with van der Waals surface area (Å²) in [5.41, 5.74) is 2.67. The summed E-state index contributed by atoms with van der Waals surface area (Å²) in [6, 6.07) is 11.5. The number of anilines is 1. The number of aryl methyl sites for hydroxylation is 2. The number of hydrogen-bond donors (Lipinski definition) is 1. The molecule has 1 aromatic carbocycles. The standard InChI is InChI=1S/C23H25N3O3/c1-15-3-7-20(14-24-15)29-19-8-4-16(5-9-19)22(27)23(28)25-18-6-10-21-17(13-18)11-12-26(21)2/h3,6-7,10-14,16,19H,4-5,8-9H2,1-2H3,(H,25,28). The van der Waals surface area contributed by atoms with Crippen LogP contribution in [-0.2, 0) is 16.6 Å². The van der Waals surface area contributed by atoms with Crippen molar-refractivity contribution in [2.24, 2.45) is 13.0 Å². The van der Waals surface area contributed by atoms with Crippen molar-refractivity contribution in [2.45, 2.75) is 38.7 Å². The van der Waals surface area contributed by atoms with E-state index in [0.29, 0.717) is 18.5 Å². The Morgan fingerprint density at radius 1 is 1.10 bits per heavy atom. The maximum Gasteiger partial charge on any atom is 0.292 e. The lowest BCUT2D eigenvalue weighted by Crippen LogP contribution is -2.34. The number of benzene rings is 1. The number of Topliss-reactive ketones (excluding diaryl/α,β-unsaturated/α-hetero) is 1. The van der Waals surface area contributed by atoms with Crippen molar-refractivity contribution in [3.05, 3.63) is 54.5 Å². The summed E-state index contributed by atoms with van der Waals surface area (Å²) in [5, 5.41) is 3.79. The molecule has 1 aliphatic carbocycles. The van der Waals surface area contributed by atoms with Crippen molar-refractivity contribution < 1.29 is 14.3 Å². The van der Waals surface area contributed by atoms with Crippen LogP contribution in [0.1, 0.15) is 31.4 Å². The average Bonchev–Trinajstić information content (AvgIpc) is 3.10. The summed E-state index contributed by atoms with van der Waals surface area (Å²) in [4.78, 5) is 29.3. The smallest absolute Gasteiger partial charge is 0.292 e. The summed E-state index contributed by atoms with van der Waals surface area (Å²) >= 11 is 0. The summed E-state index contributed by atoms with van der Waals surface area (Å²) in [5.74, 6) is -0.369. The van der Waals surface area contributed by atoms with Crippen molar-refractivity contribution >= 4 is 28.3 Å². The zero-order chi connectivity index (χ0) is 20.4. The number of carbonyl (C=O) groups excluding carboxylic acids is 2. The molecule has 4 rings (SSSR count). The fourth-order valence-electron chi connectivity index (χ4n) is 3.90. The molecule has 6 nitrogen and oxygen atoms in total. The van der Waals surface area contributed by atoms with E-state index in [0.717, 1.165) is 35.2 Å². The van der Waals surface area contributed by atoms with Crippen LogP contribution in [0.15, 0.2) is 48.8 Å². The zero-order valence-electron chi connectivity index (χ0n) is 16.7. The van der Waals surface area contributed by atoms with Gasteiger partial charge in [0.2, 0.25) is 5.78 Å². The van der Waals surface area contributed by atoms with Crippen molar-refractivity contribution in [3.63, 3.8) is 0 Å². The Hall–Kier alpha value is -3.15. The summed E-state index contributed by atoms with van der Waals surface area (Å²) in [7, 11) is 1.97. The van der Waals surface area contributed by atoms with Crippen LogP contribution in [0.2, 0.25) is 0 Å². The number of aromatic nitrogens is 2. The van der Waals surface area contributed by atoms with Gasteiger partial charge in [-0.15, -0.1) is 0 Å². The maximum absolute atomic E-state index is 12.6. The molecule has 0 unspecified atom stereocenters. The first kappa shape index (κ1) is 19.2. The minimum absolute atomic E-state index is 0.0621. The molecular formula is C23H25N3O3. The number of pyridine rings is 1. The quantitative estimate of drug-likeness (QED) is 0.667. The van der Waals surface area contributed by atoms with Crippen LogP contribution in [0.5, 0.6) is 5.75 Å². The molecule has 6 heteroatoms. The number of nitrogens with zero attached hydrogens (tertiary/aromatic N) is 2. The average molecular weight is 391 g/mol. The monoisotopic (exact) mass is 391 g/mol. The van der Waals surface area contributed by atoms with E-state index in [2.05, 4.69) is 10.3 Å². The fourth-order valence-corrected chi connectivity index (χ4v) is 3.90. The second-order valence-electron chi connectivity index (χ2n) is 7.75. The zero-order valence-corrected chi connectivity index (χ0v) is 16.7. The van der Waals surface area contributed by atoms with Gasteiger partial charge in [-0.05, 0) is 69.0 Å². The van der Waals surface area contributed by atoms with Crippen LogP contribution in [-0.4, -0.2) is 27.3 Å². The predicted molar refractivity (Wildman–Crippen MR) is 112 cm³/mol. The first-order chi connectivity index (χ1) is 14.0. The van der Waals surface area contributed by atoms with E-state index in [1.165, 1.54) is 0 Å². The van der Waals surface area contributed by atoms with E-state index in [-0.39, 0.29) is 17.8 Å². The van der Waals surface area contributed by atoms with Gasteiger partial charge in [-0.3, -0.25) is 14.6 Å². The van der Waals surface area contributed by atoms with Gasteiger partial charge in [0.1, 0.15) is 5.75 Å². The first-order valence-electron chi connectivity index (χ1n) is 9.99. The Balaban J connectivity index is 1.31. The van der Waals surface area contributed by atoms with Gasteiger partial charge in [0, 0.05) is 41.4 Å². The number of amides is 1. The van der Waals surface area contributed by atoms with Crippen LogP contribution >= 0.6 is 0 Å². The summed E-state index contributed by atoms with van der Waals surface area (Å²) in [6.45, 7) is 1.93. The van der Waals surface area contributed by atoms with E-state index in [4.69, 9.17) is 4.74 Å². The van der Waals surface area contributed by atoms with Gasteiger partial charge in [-0.25, -0.2) is 0 Å². The highest BCUT2D eigenvalue weighted by Gasteiger charge is 2.31. The van der Waals surface area contributed by atoms with Gasteiger partial charge in [0.15, 0.2) is 0 Å². The third-order valence-electron chi connectivity index (χ3n) is 5.60. The van der Waals surface area contributed by atoms with Crippen LogP contribution in [0.25, 0.3) is 10.9 Å². The number of ether oxygens (including phenoxy) is 1. The summed E-state index contributed by atoms with van der Waals surface area (Å²) < 4.78 is 7.97. The molecule has 1 aliphatic rings. The molecule has 1 amide bonds. The van der Waals surface area contributed by atoms with Crippen LogP contribution in [0, 0.1) is 12.8 Å². The third-order valence-corrected chi connectivity index (χ3v) is 5.60. The molecule has 0 aliphatic heterocycles. The largest absolute Gasteiger partial charge is 0.489 e. The molecule has 3 aromatic rings. The lowest BCUT2D eigenvalue weighted by molar-refractivity contribution is -0.138. The predicted octanol–water partition coefficient (Wildman–Crippen LogP) is 4.03. The van der Waals surface area contributed by atoms with E-state index >= 15 is 0 Å². The highest BCUT2D eigenvalue weighted by atomic mass is 16.5. The normalized spacial score (nSPS) is 19.1. The molecule has 1 N–H and O–H groups in total. The highest BCUT2D eigenvalue weighted by Crippen LogP contribution is 2.29. The number of fused-ring (bicyclic) bond motifs is 1. The van der Waals surface area contributed by atoms with Gasteiger partial charge in [-0.1, -0.05) is 0 Å². The van der Waals surface area contributed by atoms with Crippen LogP contribution in [0.3, 0.4) is 0 Å². The Bertz CT molecular complexity index is 1030. The minimum atomic E-state index is -0.535. The Kier molecular flexibility index (Phi) is 5.34. The Morgan fingerprint density at radius 2 is 1.90 bits per heavy atom. The van der Waals surface area contributed by atoms with E-state index in [1.54, 1.807) is 6.20 Å². The topological polar surface area (TPSA) is 73.2 Å². The van der Waals surface area contributed by atoms with Gasteiger partial charge in [0.25, 0.3) is 5.91 Å². The number of nitrogens with one attached hydrogen (secondary N) is 1. The van der Waals surface area contributed by atoms with E-state index in [9.17, 15) is 9.59 Å². The second kappa shape index (κ2) is 8.07. The number of carbonyl (C=O) groups is 2. The lowest BCUT2D eigenvalue weighted by atomic mass is 9.84. The molecule has 1 fully saturated rings. The molecule has 0 saturated heterocycles. The van der Waals surface area contributed by atoms with E-state index in [1.807, 2.05) is 61.1 Å². The minimum Gasteiger partial charge on any atom is -0.489 e. The molecule has 0 atom stereocenters. The molecule has 2 heterocycles. The van der Waals surface area contributed by atoms with Gasteiger partial charge >= 0.3 is 0 Å². The van der Waals surface area contributed by atoms with Crippen molar-refractivity contribution in [2.75, 3.05) is 5.32 Å². The number of rotatable bonds is 5.